The number of anilines is 6. The van der Waals surface area contributed by atoms with Crippen molar-refractivity contribution in [3.8, 4) is 22.4 Å². The number of para-hydroxylation sites is 1. The van der Waals surface area contributed by atoms with E-state index in [9.17, 15) is 4.39 Å². The number of imidazole rings is 1. The normalized spacial score (nSPS) is 14.4. The molecule has 1 radical (unpaired) electrons. The number of nitrogens with zero attached hydrogens (tertiary/aromatic N) is 5. The molecule has 90 heavy (non-hydrogen) atoms. The van der Waals surface area contributed by atoms with Crippen molar-refractivity contribution in [3.05, 3.63) is 226 Å². The summed E-state index contributed by atoms with van der Waals surface area (Å²) in [6, 6.07) is 64.9. The molecule has 0 aliphatic carbocycles. The van der Waals surface area contributed by atoms with Crippen LogP contribution in [0.4, 0.5) is 38.5 Å². The Morgan fingerprint density at radius 2 is 1.16 bits per heavy atom. The van der Waals surface area contributed by atoms with Crippen LogP contribution >= 0.6 is 11.8 Å². The molecule has 0 saturated carbocycles. The van der Waals surface area contributed by atoms with Crippen LogP contribution in [0.25, 0.3) is 60.7 Å². The first-order chi connectivity index (χ1) is 42.1. The Hall–Kier alpha value is -7.81. The number of aromatic nitrogens is 3. The molecule has 451 valence electrons. The topological polar surface area (TPSA) is 36.7 Å². The van der Waals surface area contributed by atoms with Crippen molar-refractivity contribution in [3.63, 3.8) is 0 Å². The Balaban J connectivity index is 0.000000388. The first-order valence-corrected chi connectivity index (χ1v) is 32.3. The van der Waals surface area contributed by atoms with Gasteiger partial charge in [-0.1, -0.05) is 186 Å². The van der Waals surface area contributed by atoms with Crippen molar-refractivity contribution in [2.75, 3.05) is 9.80 Å². The molecular formula is C81H75BFIrN5S-2. The number of hydrogen-bond acceptors (Lipinski definition) is 5. The van der Waals surface area contributed by atoms with Crippen molar-refractivity contribution in [1.82, 2.24) is 14.4 Å². The molecule has 16 rings (SSSR count). The number of rotatable bonds is 2. The van der Waals surface area contributed by atoms with Gasteiger partial charge in [-0.15, -0.1) is 59.5 Å². The molecule has 12 aromatic rings. The molecule has 4 aliphatic rings. The third kappa shape index (κ3) is 9.33. The Morgan fingerprint density at radius 1 is 0.533 bits per heavy atom. The van der Waals surface area contributed by atoms with Gasteiger partial charge >= 0.3 is 0 Å². The van der Waals surface area contributed by atoms with Crippen molar-refractivity contribution < 1.29 is 24.5 Å². The minimum atomic E-state index is -0.276. The van der Waals surface area contributed by atoms with Crippen molar-refractivity contribution in [2.24, 2.45) is 0 Å². The summed E-state index contributed by atoms with van der Waals surface area (Å²) in [6.45, 7) is 37.4. The van der Waals surface area contributed by atoms with Crippen LogP contribution in [-0.4, -0.2) is 21.1 Å². The molecule has 4 aliphatic heterocycles. The largest absolute Gasteiger partial charge is 0.333 e. The molecule has 0 unspecified atom stereocenters. The Morgan fingerprint density at radius 3 is 1.83 bits per heavy atom. The van der Waals surface area contributed by atoms with Gasteiger partial charge in [0.25, 0.3) is 6.71 Å². The Kier molecular flexibility index (Phi) is 13.7. The molecule has 0 atom stereocenters. The second-order valence-corrected chi connectivity index (χ2v) is 31.2. The van der Waals surface area contributed by atoms with E-state index in [2.05, 4.69) is 256 Å². The average Bonchev–Trinajstić information content (AvgIpc) is 0.762. The van der Waals surface area contributed by atoms with Crippen LogP contribution < -0.4 is 26.2 Å². The third-order valence-electron chi connectivity index (χ3n) is 19.6. The first kappa shape index (κ1) is 59.8. The van der Waals surface area contributed by atoms with Gasteiger partial charge in [0.2, 0.25) is 0 Å². The molecule has 0 amide bonds. The zero-order chi connectivity index (χ0) is 62.3. The van der Waals surface area contributed by atoms with Gasteiger partial charge < -0.3 is 19.2 Å². The van der Waals surface area contributed by atoms with Crippen molar-refractivity contribution in [1.29, 1.82) is 0 Å². The summed E-state index contributed by atoms with van der Waals surface area (Å²) in [6.07, 6.45) is 1.82. The van der Waals surface area contributed by atoms with Gasteiger partial charge in [0.1, 0.15) is 0 Å². The minimum absolute atomic E-state index is 0. The number of hydrogen-bond donors (Lipinski definition) is 0. The SMILES string of the molecule is CC(C)(C)c1ccc2c(c1)Sc1cc(C(C)(C)C)cc3c1N2c1cc(-c2ccc4nc5c6[c-]cccc6c6ccccc6n5c4c2)cc2c1B3c1cc(C(C)(C)C)cc3c1N2c1ccc(C(C)(C)C)cc1C3(C)C.Cc1cnc(-c2[c-]cc(F)cc2)cc1C.[Ir]. The third-order valence-corrected chi connectivity index (χ3v) is 20.7. The van der Waals surface area contributed by atoms with Crippen molar-refractivity contribution >= 4 is 107 Å². The molecule has 0 saturated heterocycles. The minimum Gasteiger partial charge on any atom is -0.333 e. The molecule has 3 aromatic heterocycles. The van der Waals surface area contributed by atoms with Crippen LogP contribution in [0.2, 0.25) is 0 Å². The zero-order valence-corrected chi connectivity index (χ0v) is 57.7. The maximum absolute atomic E-state index is 12.7. The van der Waals surface area contributed by atoms with E-state index in [0.717, 1.165) is 50.0 Å². The summed E-state index contributed by atoms with van der Waals surface area (Å²) >= 11 is 1.96. The maximum atomic E-state index is 12.7. The molecule has 0 bridgehead atoms. The summed E-state index contributed by atoms with van der Waals surface area (Å²) in [5.41, 5.74) is 30.1. The van der Waals surface area contributed by atoms with Gasteiger partial charge in [-0.05, 0) is 168 Å². The van der Waals surface area contributed by atoms with Crippen LogP contribution in [0.1, 0.15) is 141 Å². The van der Waals surface area contributed by atoms with E-state index in [1.54, 1.807) is 6.07 Å². The average molecular weight is 1370 g/mol. The molecule has 7 heterocycles. The summed E-state index contributed by atoms with van der Waals surface area (Å²) in [4.78, 5) is 17.7. The summed E-state index contributed by atoms with van der Waals surface area (Å²) in [5.74, 6) is -0.275. The standard InChI is InChI=1S/C68H64BN4S.C13H11FN.Ir/c1-64(2,3)40-24-27-53-47(32-40)68(13,14)48-33-42(66(7,8)9)34-49-61(48)71(53)56-30-39(38-23-26-51-55(29-38)73-52-22-18-17-20-45(52)44-19-15-16-21-46(44)63(73)70-51)31-57-60(56)69(49)50-35-43(67(10,11)12)37-59-62(50)72(57)54-28-25-41(65(4,5)6)36-58(54)74-59;1-9-7-13(15-8-10(9)2)11-3-5-12(14)6-4-11;/h15-20,22-37H,1-14H3;3,5-8H,1-2H3;/q2*-1;. The van der Waals surface area contributed by atoms with Gasteiger partial charge in [-0.3, -0.25) is 9.37 Å². The molecule has 0 fully saturated rings. The van der Waals surface area contributed by atoms with Crippen LogP contribution in [-0.2, 0) is 47.2 Å². The maximum Gasteiger partial charge on any atom is 0.252 e. The van der Waals surface area contributed by atoms with E-state index < -0.39 is 0 Å². The fourth-order valence-electron chi connectivity index (χ4n) is 14.3. The first-order valence-electron chi connectivity index (χ1n) is 31.5. The summed E-state index contributed by atoms with van der Waals surface area (Å²) < 4.78 is 15.1. The van der Waals surface area contributed by atoms with E-state index in [1.807, 2.05) is 43.9 Å². The van der Waals surface area contributed by atoms with Gasteiger partial charge in [0.05, 0.1) is 33.7 Å². The molecule has 0 N–H and O–H groups in total. The molecule has 9 heteroatoms. The fourth-order valence-corrected chi connectivity index (χ4v) is 15.4. The monoisotopic (exact) mass is 1370 g/mol. The van der Waals surface area contributed by atoms with Crippen LogP contribution in [0.3, 0.4) is 0 Å². The van der Waals surface area contributed by atoms with Gasteiger partial charge in [0.15, 0.2) is 0 Å². The summed E-state index contributed by atoms with van der Waals surface area (Å²) in [7, 11) is 0. The fraction of sp³-hybridized carbons (Fsp3) is 0.259. The number of benzene rings is 9. The molecule has 9 aromatic carbocycles. The second-order valence-electron chi connectivity index (χ2n) is 30.1. The molecular weight excluding hydrogens is 1300 g/mol. The predicted octanol–water partition coefficient (Wildman–Crippen LogP) is 19.9. The smallest absolute Gasteiger partial charge is 0.252 e. The van der Waals surface area contributed by atoms with Crippen LogP contribution in [0.15, 0.2) is 174 Å². The van der Waals surface area contributed by atoms with Gasteiger partial charge in [-0.25, -0.2) is 0 Å². The van der Waals surface area contributed by atoms with Gasteiger partial charge in [-0.2, -0.15) is 0 Å². The van der Waals surface area contributed by atoms with E-state index in [1.165, 1.54) is 128 Å². The van der Waals surface area contributed by atoms with E-state index in [-0.39, 0.29) is 59.7 Å². The number of aryl methyl sites for hydroxylation is 2. The van der Waals surface area contributed by atoms with E-state index >= 15 is 0 Å². The quantitative estimate of drug-likeness (QED) is 0.0979. The summed E-state index contributed by atoms with van der Waals surface area (Å²) in [5, 5.41) is 3.41. The number of fused-ring (bicyclic) bond motifs is 16. The van der Waals surface area contributed by atoms with E-state index in [0.29, 0.717) is 0 Å². The predicted molar refractivity (Wildman–Crippen MR) is 375 cm³/mol. The van der Waals surface area contributed by atoms with E-state index in [4.69, 9.17) is 4.98 Å². The number of pyridine rings is 2. The number of halogens is 1. The van der Waals surface area contributed by atoms with Crippen LogP contribution in [0.5, 0.6) is 0 Å². The molecule has 5 nitrogen and oxygen atoms in total. The van der Waals surface area contributed by atoms with Crippen LogP contribution in [0, 0.1) is 31.8 Å². The Labute approximate surface area is 548 Å². The Bertz CT molecular complexity index is 5010. The van der Waals surface area contributed by atoms with Crippen molar-refractivity contribution in [2.45, 2.75) is 148 Å². The molecule has 0 spiro atoms. The second kappa shape index (κ2) is 20.6. The zero-order valence-electron chi connectivity index (χ0n) is 54.5. The van der Waals surface area contributed by atoms with Gasteiger partial charge in [0, 0.05) is 69.9 Å².